The molecule has 3 aromatic rings. The van der Waals surface area contributed by atoms with Crippen molar-refractivity contribution in [2.24, 2.45) is 0 Å². The molecule has 0 aliphatic rings. The Labute approximate surface area is 149 Å². The van der Waals surface area contributed by atoms with Crippen LogP contribution in [0, 0.1) is 5.82 Å². The molecule has 0 radical (unpaired) electrons. The number of hydrogen-bond acceptors (Lipinski definition) is 4. The highest BCUT2D eigenvalue weighted by molar-refractivity contribution is 5.92. The van der Waals surface area contributed by atoms with Crippen LogP contribution in [-0.2, 0) is 11.3 Å². The second kappa shape index (κ2) is 7.88. The van der Waals surface area contributed by atoms with Crippen LogP contribution in [0.4, 0.5) is 10.1 Å². The van der Waals surface area contributed by atoms with Crippen LogP contribution in [0.1, 0.15) is 12.7 Å². The van der Waals surface area contributed by atoms with Crippen molar-refractivity contribution in [3.8, 4) is 0 Å². The number of carbonyl (C=O) groups excluding carboxylic acids is 1. The van der Waals surface area contributed by atoms with Crippen molar-refractivity contribution in [1.82, 2.24) is 14.9 Å². The number of amides is 1. The van der Waals surface area contributed by atoms with Gasteiger partial charge in [-0.05, 0) is 42.9 Å². The number of likely N-dealkylation sites (N-methyl/N-ethyl adjacent to an activating group) is 1. The molecule has 2 N–H and O–H groups in total. The van der Waals surface area contributed by atoms with Crippen LogP contribution >= 0.6 is 0 Å². The highest BCUT2D eigenvalue weighted by atomic mass is 19.1. The van der Waals surface area contributed by atoms with Gasteiger partial charge in [0.05, 0.1) is 24.0 Å². The van der Waals surface area contributed by atoms with Gasteiger partial charge in [0.2, 0.25) is 5.91 Å². The van der Waals surface area contributed by atoms with Gasteiger partial charge in [-0.2, -0.15) is 0 Å². The van der Waals surface area contributed by atoms with Crippen LogP contribution < -0.4 is 10.9 Å². The maximum absolute atomic E-state index is 12.9. The summed E-state index contributed by atoms with van der Waals surface area (Å²) >= 11 is 0. The van der Waals surface area contributed by atoms with Gasteiger partial charge in [0.1, 0.15) is 11.6 Å². The van der Waals surface area contributed by atoms with E-state index in [9.17, 15) is 14.0 Å². The zero-order chi connectivity index (χ0) is 18.5. The van der Waals surface area contributed by atoms with E-state index in [0.717, 1.165) is 0 Å². The van der Waals surface area contributed by atoms with E-state index >= 15 is 0 Å². The predicted molar refractivity (Wildman–Crippen MR) is 98.3 cm³/mol. The number of rotatable bonds is 6. The lowest BCUT2D eigenvalue weighted by molar-refractivity contribution is -0.117. The number of aromatic amines is 1. The minimum atomic E-state index is -0.357. The molecule has 1 amide bonds. The summed E-state index contributed by atoms with van der Waals surface area (Å²) in [6.07, 6.45) is 0. The lowest BCUT2D eigenvalue weighted by Crippen LogP contribution is -2.33. The number of nitrogens with zero attached hydrogens (tertiary/aromatic N) is 2. The molecule has 134 valence electrons. The highest BCUT2D eigenvalue weighted by Crippen LogP contribution is 2.09. The van der Waals surface area contributed by atoms with Gasteiger partial charge >= 0.3 is 0 Å². The van der Waals surface area contributed by atoms with Gasteiger partial charge in [-0.1, -0.05) is 19.1 Å². The summed E-state index contributed by atoms with van der Waals surface area (Å²) in [6.45, 7) is 3.00. The molecule has 26 heavy (non-hydrogen) atoms. The van der Waals surface area contributed by atoms with E-state index in [0.29, 0.717) is 35.5 Å². The molecule has 0 spiro atoms. The summed E-state index contributed by atoms with van der Waals surface area (Å²) in [5, 5.41) is 3.26. The third kappa shape index (κ3) is 4.31. The van der Waals surface area contributed by atoms with Crippen molar-refractivity contribution >= 4 is 22.5 Å². The van der Waals surface area contributed by atoms with Crippen molar-refractivity contribution < 1.29 is 9.18 Å². The Kier molecular flexibility index (Phi) is 5.38. The summed E-state index contributed by atoms with van der Waals surface area (Å²) < 4.78 is 12.9. The molecule has 0 aliphatic heterocycles. The summed E-state index contributed by atoms with van der Waals surface area (Å²) in [7, 11) is 0. The topological polar surface area (TPSA) is 78.1 Å². The minimum absolute atomic E-state index is 0.129. The zero-order valence-electron chi connectivity index (χ0n) is 14.3. The molecule has 0 aliphatic carbocycles. The van der Waals surface area contributed by atoms with E-state index in [1.54, 1.807) is 18.2 Å². The molecule has 0 fully saturated rings. The number of para-hydroxylation sites is 1. The van der Waals surface area contributed by atoms with Crippen molar-refractivity contribution in [2.75, 3.05) is 18.4 Å². The Morgan fingerprint density at radius 3 is 2.65 bits per heavy atom. The first-order valence-corrected chi connectivity index (χ1v) is 8.31. The van der Waals surface area contributed by atoms with Crippen molar-refractivity contribution in [2.45, 2.75) is 13.5 Å². The molecule has 0 unspecified atom stereocenters. The average molecular weight is 354 g/mol. The lowest BCUT2D eigenvalue weighted by atomic mass is 10.2. The van der Waals surface area contributed by atoms with Gasteiger partial charge < -0.3 is 10.3 Å². The van der Waals surface area contributed by atoms with Gasteiger partial charge in [0, 0.05) is 5.69 Å². The lowest BCUT2D eigenvalue weighted by Gasteiger charge is -2.19. The van der Waals surface area contributed by atoms with Crippen LogP contribution in [0.3, 0.4) is 0 Å². The van der Waals surface area contributed by atoms with E-state index in [1.807, 2.05) is 17.9 Å². The number of aromatic nitrogens is 2. The Bertz CT molecular complexity index is 969. The first kappa shape index (κ1) is 17.8. The fourth-order valence-corrected chi connectivity index (χ4v) is 2.64. The van der Waals surface area contributed by atoms with Crippen molar-refractivity contribution in [3.63, 3.8) is 0 Å². The second-order valence-electron chi connectivity index (χ2n) is 5.89. The average Bonchev–Trinajstić information content (AvgIpc) is 2.63. The van der Waals surface area contributed by atoms with Crippen molar-refractivity contribution in [3.05, 3.63) is 70.5 Å². The number of anilines is 1. The number of H-pyrrole nitrogens is 1. The molecule has 3 rings (SSSR count). The third-order valence-electron chi connectivity index (χ3n) is 3.98. The van der Waals surface area contributed by atoms with Gasteiger partial charge in [-0.15, -0.1) is 0 Å². The number of halogens is 1. The zero-order valence-corrected chi connectivity index (χ0v) is 14.3. The van der Waals surface area contributed by atoms with Crippen LogP contribution in [0.25, 0.3) is 10.9 Å². The Morgan fingerprint density at radius 1 is 1.19 bits per heavy atom. The first-order chi connectivity index (χ1) is 12.5. The number of nitrogens with one attached hydrogen (secondary N) is 2. The fourth-order valence-electron chi connectivity index (χ4n) is 2.64. The summed E-state index contributed by atoms with van der Waals surface area (Å²) in [5.41, 5.74) is 0.958. The molecule has 0 atom stereocenters. The number of hydrogen-bond donors (Lipinski definition) is 2. The fraction of sp³-hybridized carbons (Fsp3) is 0.211. The largest absolute Gasteiger partial charge is 0.325 e. The minimum Gasteiger partial charge on any atom is -0.325 e. The molecular weight excluding hydrogens is 335 g/mol. The summed E-state index contributed by atoms with van der Waals surface area (Å²) in [5.74, 6) is -0.0729. The van der Waals surface area contributed by atoms with E-state index in [4.69, 9.17) is 0 Å². The number of fused-ring (bicyclic) bond motifs is 1. The molecule has 0 bridgehead atoms. The number of carbonyl (C=O) groups is 1. The van der Waals surface area contributed by atoms with Gasteiger partial charge in [-0.25, -0.2) is 9.37 Å². The molecular formula is C19H19FN4O2. The number of benzene rings is 2. The molecule has 7 heteroatoms. The van der Waals surface area contributed by atoms with E-state index in [1.165, 1.54) is 24.3 Å². The van der Waals surface area contributed by atoms with Crippen LogP contribution in [0.5, 0.6) is 0 Å². The SMILES string of the molecule is CCN(CC(=O)Nc1ccc(F)cc1)Cc1nc2ccccc2c(=O)[nH]1. The van der Waals surface area contributed by atoms with Crippen molar-refractivity contribution in [1.29, 1.82) is 0 Å². The van der Waals surface area contributed by atoms with E-state index in [-0.39, 0.29) is 23.8 Å². The van der Waals surface area contributed by atoms with E-state index < -0.39 is 0 Å². The van der Waals surface area contributed by atoms with Crippen LogP contribution in [0.15, 0.2) is 53.3 Å². The quantitative estimate of drug-likeness (QED) is 0.713. The van der Waals surface area contributed by atoms with E-state index in [2.05, 4.69) is 15.3 Å². The summed E-state index contributed by atoms with van der Waals surface area (Å²) in [4.78, 5) is 33.4. The molecule has 0 saturated carbocycles. The monoisotopic (exact) mass is 354 g/mol. The van der Waals surface area contributed by atoms with Gasteiger partial charge in [0.25, 0.3) is 5.56 Å². The second-order valence-corrected chi connectivity index (χ2v) is 5.89. The molecule has 2 aromatic carbocycles. The Balaban J connectivity index is 1.68. The maximum atomic E-state index is 12.9. The van der Waals surface area contributed by atoms with Crippen LogP contribution in [-0.4, -0.2) is 33.9 Å². The third-order valence-corrected chi connectivity index (χ3v) is 3.98. The van der Waals surface area contributed by atoms with Gasteiger partial charge in [0.15, 0.2) is 0 Å². The Morgan fingerprint density at radius 2 is 1.92 bits per heavy atom. The predicted octanol–water partition coefficient (Wildman–Crippen LogP) is 2.52. The summed E-state index contributed by atoms with van der Waals surface area (Å²) in [6, 6.07) is 12.7. The molecule has 0 saturated heterocycles. The van der Waals surface area contributed by atoms with Gasteiger partial charge in [-0.3, -0.25) is 14.5 Å². The molecule has 1 heterocycles. The Hall–Kier alpha value is -3.06. The first-order valence-electron chi connectivity index (χ1n) is 8.31. The standard InChI is InChI=1S/C19H19FN4O2/c1-2-24(12-18(25)21-14-9-7-13(20)8-10-14)11-17-22-16-6-4-3-5-15(16)19(26)23-17/h3-10H,2,11-12H2,1H3,(H,21,25)(H,22,23,26). The molecule has 6 nitrogen and oxygen atoms in total. The van der Waals surface area contributed by atoms with Crippen LogP contribution in [0.2, 0.25) is 0 Å². The highest BCUT2D eigenvalue weighted by Gasteiger charge is 2.12. The normalized spacial score (nSPS) is 11.0. The molecule has 1 aromatic heterocycles. The maximum Gasteiger partial charge on any atom is 0.258 e. The smallest absolute Gasteiger partial charge is 0.258 e.